The van der Waals surface area contributed by atoms with Gasteiger partial charge in [-0.1, -0.05) is 17.7 Å². The highest BCUT2D eigenvalue weighted by atomic mass is 35.5. The summed E-state index contributed by atoms with van der Waals surface area (Å²) in [6.07, 6.45) is 6.27. The van der Waals surface area contributed by atoms with E-state index in [4.69, 9.17) is 16.6 Å². The first kappa shape index (κ1) is 21.1. The van der Waals surface area contributed by atoms with Crippen LogP contribution < -0.4 is 5.56 Å². The summed E-state index contributed by atoms with van der Waals surface area (Å²) in [6, 6.07) is 5.48. The Morgan fingerprint density at radius 1 is 1.18 bits per heavy atom. The molecule has 0 spiro atoms. The highest BCUT2D eigenvalue weighted by Gasteiger charge is 2.30. The zero-order chi connectivity index (χ0) is 23.6. The molecule has 1 saturated carbocycles. The van der Waals surface area contributed by atoms with Crippen molar-refractivity contribution >= 4 is 43.2 Å². The van der Waals surface area contributed by atoms with Crippen molar-refractivity contribution in [1.82, 2.24) is 19.5 Å². The molecule has 170 valence electrons. The maximum atomic E-state index is 14.4. The van der Waals surface area contributed by atoms with Gasteiger partial charge >= 0.3 is 0 Å². The number of hydrogen-bond donors (Lipinski definition) is 1. The average Bonchev–Trinajstić information content (AvgIpc) is 3.61. The number of aromatic hydroxyl groups is 1. The summed E-state index contributed by atoms with van der Waals surface area (Å²) in [5.74, 6) is -1.79. The number of phenolic OH excluding ortho intramolecular Hbond substituents is 1. The zero-order valence-corrected chi connectivity index (χ0v) is 19.0. The van der Waals surface area contributed by atoms with E-state index in [1.165, 1.54) is 35.3 Å². The molecule has 1 aliphatic carbocycles. The summed E-state index contributed by atoms with van der Waals surface area (Å²) < 4.78 is 30.4. The second-order valence-corrected chi connectivity index (χ2v) is 9.61. The van der Waals surface area contributed by atoms with Crippen LogP contribution in [0, 0.1) is 11.6 Å². The fraction of sp³-hybridized carbons (Fsp3) is 0.167. The Labute approximate surface area is 200 Å². The van der Waals surface area contributed by atoms with Crippen LogP contribution in [-0.4, -0.2) is 24.6 Å². The molecule has 2 aromatic carbocycles. The van der Waals surface area contributed by atoms with Gasteiger partial charge in [0.1, 0.15) is 10.7 Å². The SMILES string of the molecule is O=c1c2c(nc(-c3cc(F)c(F)cc3C3CC3)n1Cc1cnccn1)sc1c(O)c(Cl)ccc12. The maximum Gasteiger partial charge on any atom is 0.263 e. The number of benzene rings is 2. The minimum atomic E-state index is -1.01. The quantitative estimate of drug-likeness (QED) is 0.348. The van der Waals surface area contributed by atoms with Crippen LogP contribution in [0.2, 0.25) is 5.02 Å². The van der Waals surface area contributed by atoms with E-state index in [1.54, 1.807) is 6.07 Å². The molecule has 1 fully saturated rings. The second-order valence-electron chi connectivity index (χ2n) is 8.21. The van der Waals surface area contributed by atoms with Gasteiger partial charge in [0.25, 0.3) is 5.56 Å². The molecule has 0 saturated heterocycles. The Morgan fingerprint density at radius 2 is 1.97 bits per heavy atom. The molecule has 6 rings (SSSR count). The van der Waals surface area contributed by atoms with Crippen LogP contribution in [0.4, 0.5) is 8.78 Å². The number of halogens is 3. The fourth-order valence-corrected chi connectivity index (χ4v) is 5.52. The minimum absolute atomic E-state index is 0.0327. The van der Waals surface area contributed by atoms with Crippen LogP contribution in [0.5, 0.6) is 5.75 Å². The third kappa shape index (κ3) is 3.35. The smallest absolute Gasteiger partial charge is 0.263 e. The molecule has 34 heavy (non-hydrogen) atoms. The normalized spacial score (nSPS) is 13.7. The molecular weight excluding hydrogens is 482 g/mol. The number of phenols is 1. The molecule has 3 aromatic heterocycles. The lowest BCUT2D eigenvalue weighted by atomic mass is 10.0. The number of thiophene rings is 1. The molecule has 0 unspecified atom stereocenters. The van der Waals surface area contributed by atoms with Crippen molar-refractivity contribution in [3.8, 4) is 17.1 Å². The Hall–Kier alpha value is -3.43. The molecule has 0 aliphatic heterocycles. The number of rotatable bonds is 4. The Balaban J connectivity index is 1.70. The lowest BCUT2D eigenvalue weighted by Crippen LogP contribution is -2.24. The summed E-state index contributed by atoms with van der Waals surface area (Å²) in [5.41, 5.74) is 1.10. The summed E-state index contributed by atoms with van der Waals surface area (Å²) >= 11 is 7.20. The maximum absolute atomic E-state index is 14.4. The first-order valence-electron chi connectivity index (χ1n) is 10.5. The van der Waals surface area contributed by atoms with Gasteiger partial charge in [0.2, 0.25) is 0 Å². The van der Waals surface area contributed by atoms with Crippen LogP contribution in [0.1, 0.15) is 30.0 Å². The third-order valence-electron chi connectivity index (χ3n) is 5.97. The zero-order valence-electron chi connectivity index (χ0n) is 17.4. The van der Waals surface area contributed by atoms with Crippen LogP contribution in [0.15, 0.2) is 47.7 Å². The third-order valence-corrected chi connectivity index (χ3v) is 7.38. The fourth-order valence-electron chi connectivity index (χ4n) is 4.20. The van der Waals surface area contributed by atoms with Crippen molar-refractivity contribution in [3.05, 3.63) is 81.1 Å². The first-order valence-corrected chi connectivity index (χ1v) is 11.7. The summed E-state index contributed by atoms with van der Waals surface area (Å²) in [5, 5.41) is 11.5. The van der Waals surface area contributed by atoms with E-state index in [9.17, 15) is 18.7 Å². The predicted octanol–water partition coefficient (Wildman–Crippen LogP) is 5.63. The number of aromatic nitrogens is 4. The molecule has 1 N–H and O–H groups in total. The molecule has 3 heterocycles. The van der Waals surface area contributed by atoms with E-state index < -0.39 is 11.6 Å². The van der Waals surface area contributed by atoms with E-state index in [1.807, 2.05) is 0 Å². The lowest BCUT2D eigenvalue weighted by Gasteiger charge is -2.15. The minimum Gasteiger partial charge on any atom is -0.505 e. The van der Waals surface area contributed by atoms with Gasteiger partial charge in [-0.15, -0.1) is 11.3 Å². The summed E-state index contributed by atoms with van der Waals surface area (Å²) in [6.45, 7) is 0.0327. The van der Waals surface area contributed by atoms with E-state index in [0.29, 0.717) is 37.1 Å². The largest absolute Gasteiger partial charge is 0.505 e. The molecular formula is C24H15ClF2N4O2S. The van der Waals surface area contributed by atoms with Gasteiger partial charge in [-0.3, -0.25) is 19.3 Å². The molecule has 6 nitrogen and oxygen atoms in total. The molecule has 5 aromatic rings. The molecule has 0 radical (unpaired) electrons. The first-order chi connectivity index (χ1) is 16.4. The van der Waals surface area contributed by atoms with Gasteiger partial charge < -0.3 is 5.11 Å². The van der Waals surface area contributed by atoms with Crippen molar-refractivity contribution in [2.45, 2.75) is 25.3 Å². The summed E-state index contributed by atoms with van der Waals surface area (Å²) in [7, 11) is 0. The van der Waals surface area contributed by atoms with Crippen LogP contribution in [0.25, 0.3) is 31.7 Å². The molecule has 1 aliphatic rings. The number of fused-ring (bicyclic) bond motifs is 3. The standard InChI is InChI=1S/C24H15ClF2N4O2S/c25-16-4-3-13-19-23(34-21(13)20(16)32)30-22(31(24(19)33)10-12-9-28-5-6-29-12)15-8-18(27)17(26)7-14(15)11-1-2-11/h3-9,11,32H,1-2,10H2. The Morgan fingerprint density at radius 3 is 2.71 bits per heavy atom. The van der Waals surface area contributed by atoms with Gasteiger partial charge in [0.05, 0.1) is 33.5 Å². The van der Waals surface area contributed by atoms with Gasteiger partial charge in [0.15, 0.2) is 17.4 Å². The Kier molecular flexibility index (Phi) is 4.86. The number of nitrogens with zero attached hydrogens (tertiary/aromatic N) is 4. The van der Waals surface area contributed by atoms with E-state index >= 15 is 0 Å². The highest BCUT2D eigenvalue weighted by molar-refractivity contribution is 7.25. The molecule has 0 atom stereocenters. The number of hydrogen-bond acceptors (Lipinski definition) is 6. The topological polar surface area (TPSA) is 80.9 Å². The predicted molar refractivity (Wildman–Crippen MR) is 127 cm³/mol. The van der Waals surface area contributed by atoms with Gasteiger partial charge in [-0.05, 0) is 42.5 Å². The second kappa shape index (κ2) is 7.82. The van der Waals surface area contributed by atoms with Gasteiger partial charge in [-0.25, -0.2) is 13.8 Å². The van der Waals surface area contributed by atoms with Crippen molar-refractivity contribution in [3.63, 3.8) is 0 Å². The van der Waals surface area contributed by atoms with Crippen molar-refractivity contribution in [1.29, 1.82) is 0 Å². The van der Waals surface area contributed by atoms with Gasteiger partial charge in [-0.2, -0.15) is 0 Å². The van der Waals surface area contributed by atoms with Crippen LogP contribution >= 0.6 is 22.9 Å². The van der Waals surface area contributed by atoms with Gasteiger partial charge in [0, 0.05) is 23.3 Å². The molecule has 0 bridgehead atoms. The highest BCUT2D eigenvalue weighted by Crippen LogP contribution is 2.46. The lowest BCUT2D eigenvalue weighted by molar-refractivity contribution is 0.483. The molecule has 0 amide bonds. The van der Waals surface area contributed by atoms with E-state index in [2.05, 4.69) is 9.97 Å². The van der Waals surface area contributed by atoms with E-state index in [-0.39, 0.29) is 34.6 Å². The Bertz CT molecular complexity index is 1670. The average molecular weight is 497 g/mol. The van der Waals surface area contributed by atoms with Crippen LogP contribution in [0.3, 0.4) is 0 Å². The van der Waals surface area contributed by atoms with Crippen molar-refractivity contribution in [2.24, 2.45) is 0 Å². The summed E-state index contributed by atoms with van der Waals surface area (Å²) in [4.78, 5) is 27.3. The van der Waals surface area contributed by atoms with Crippen LogP contribution in [-0.2, 0) is 6.54 Å². The van der Waals surface area contributed by atoms with Crippen molar-refractivity contribution in [2.75, 3.05) is 0 Å². The van der Waals surface area contributed by atoms with E-state index in [0.717, 1.165) is 30.2 Å². The van der Waals surface area contributed by atoms with Crippen molar-refractivity contribution < 1.29 is 13.9 Å². The molecule has 10 heteroatoms. The monoisotopic (exact) mass is 496 g/mol.